The van der Waals surface area contributed by atoms with Crippen molar-refractivity contribution < 1.29 is 14.3 Å². The van der Waals surface area contributed by atoms with E-state index in [1.807, 2.05) is 54.7 Å². The van der Waals surface area contributed by atoms with Crippen LogP contribution in [0.4, 0.5) is 5.69 Å². The lowest BCUT2D eigenvalue weighted by Gasteiger charge is -2.07. The maximum absolute atomic E-state index is 12.3. The van der Waals surface area contributed by atoms with E-state index in [0.29, 0.717) is 11.2 Å². The van der Waals surface area contributed by atoms with Crippen LogP contribution in [0.25, 0.3) is 5.65 Å². The van der Waals surface area contributed by atoms with Crippen molar-refractivity contribution in [3.05, 3.63) is 102 Å². The summed E-state index contributed by atoms with van der Waals surface area (Å²) in [7, 11) is 0. The predicted molar refractivity (Wildman–Crippen MR) is 105 cm³/mol. The first-order valence-electron chi connectivity index (χ1n) is 8.75. The third kappa shape index (κ3) is 3.91. The first-order valence-corrected chi connectivity index (χ1v) is 8.75. The number of para-hydroxylation sites is 1. The lowest BCUT2D eigenvalue weighted by Crippen LogP contribution is -2.12. The van der Waals surface area contributed by atoms with Crippen LogP contribution in [0.1, 0.15) is 26.4 Å². The van der Waals surface area contributed by atoms with Gasteiger partial charge >= 0.3 is 5.97 Å². The fourth-order valence-electron chi connectivity index (χ4n) is 2.73. The number of fused-ring (bicyclic) bond motifs is 1. The zero-order chi connectivity index (χ0) is 19.3. The third-order valence-corrected chi connectivity index (χ3v) is 4.19. The summed E-state index contributed by atoms with van der Waals surface area (Å²) in [6.45, 7) is 0.104. The van der Waals surface area contributed by atoms with Crippen molar-refractivity contribution in [2.45, 2.75) is 6.61 Å². The number of benzene rings is 2. The molecule has 0 saturated heterocycles. The molecule has 2 aromatic heterocycles. The van der Waals surface area contributed by atoms with Gasteiger partial charge < -0.3 is 14.5 Å². The Morgan fingerprint density at radius 2 is 1.68 bits per heavy atom. The maximum Gasteiger partial charge on any atom is 0.358 e. The molecule has 4 rings (SSSR count). The number of carbonyl (C=O) groups is 2. The first-order chi connectivity index (χ1) is 13.7. The maximum atomic E-state index is 12.3. The number of aromatic nitrogens is 2. The molecule has 0 saturated carbocycles. The number of hydrogen-bond donors (Lipinski definition) is 1. The van der Waals surface area contributed by atoms with Crippen LogP contribution in [-0.4, -0.2) is 21.3 Å². The molecular weight excluding hydrogens is 354 g/mol. The van der Waals surface area contributed by atoms with Crippen molar-refractivity contribution in [2.75, 3.05) is 5.32 Å². The molecule has 0 aliphatic rings. The number of amides is 1. The number of esters is 1. The molecule has 138 valence electrons. The lowest BCUT2D eigenvalue weighted by atomic mass is 10.1. The van der Waals surface area contributed by atoms with E-state index < -0.39 is 5.97 Å². The van der Waals surface area contributed by atoms with E-state index in [1.165, 1.54) is 0 Å². The minimum atomic E-state index is -0.491. The third-order valence-electron chi connectivity index (χ3n) is 4.19. The topological polar surface area (TPSA) is 72.7 Å². The van der Waals surface area contributed by atoms with Gasteiger partial charge in [-0.3, -0.25) is 4.79 Å². The van der Waals surface area contributed by atoms with Crippen molar-refractivity contribution in [1.82, 2.24) is 9.38 Å². The number of anilines is 1. The normalized spacial score (nSPS) is 10.6. The zero-order valence-electron chi connectivity index (χ0n) is 14.9. The summed E-state index contributed by atoms with van der Waals surface area (Å²) < 4.78 is 7.09. The molecule has 1 amide bonds. The van der Waals surface area contributed by atoms with Crippen molar-refractivity contribution in [1.29, 1.82) is 0 Å². The minimum Gasteiger partial charge on any atom is -0.456 e. The molecule has 28 heavy (non-hydrogen) atoms. The second kappa shape index (κ2) is 7.75. The summed E-state index contributed by atoms with van der Waals surface area (Å²) in [4.78, 5) is 28.7. The Hall–Kier alpha value is -3.93. The van der Waals surface area contributed by atoms with Crippen LogP contribution in [-0.2, 0) is 11.3 Å². The molecule has 0 bridgehead atoms. The van der Waals surface area contributed by atoms with E-state index in [4.69, 9.17) is 4.74 Å². The number of nitrogens with zero attached hydrogens (tertiary/aromatic N) is 2. The monoisotopic (exact) mass is 371 g/mol. The van der Waals surface area contributed by atoms with E-state index in [-0.39, 0.29) is 18.2 Å². The smallest absolute Gasteiger partial charge is 0.358 e. The number of pyridine rings is 1. The van der Waals surface area contributed by atoms with Gasteiger partial charge in [-0.25, -0.2) is 9.78 Å². The van der Waals surface area contributed by atoms with Crippen LogP contribution in [0.2, 0.25) is 0 Å². The SMILES string of the molecule is O=C(Nc1ccccc1)c1ccc(COC(=O)c2cn3ccccc3n2)cc1. The Morgan fingerprint density at radius 3 is 2.43 bits per heavy atom. The van der Waals surface area contributed by atoms with Gasteiger partial charge in [0.1, 0.15) is 12.3 Å². The van der Waals surface area contributed by atoms with Crippen molar-refractivity contribution in [2.24, 2.45) is 0 Å². The molecule has 6 nitrogen and oxygen atoms in total. The van der Waals surface area contributed by atoms with Gasteiger partial charge in [0.05, 0.1) is 0 Å². The Bertz CT molecular complexity index is 1090. The first kappa shape index (κ1) is 17.5. The van der Waals surface area contributed by atoms with Crippen LogP contribution < -0.4 is 5.32 Å². The molecule has 2 aromatic carbocycles. The van der Waals surface area contributed by atoms with Crippen molar-refractivity contribution in [3.63, 3.8) is 0 Å². The largest absolute Gasteiger partial charge is 0.456 e. The Balaban J connectivity index is 1.36. The summed E-state index contributed by atoms with van der Waals surface area (Å²) >= 11 is 0. The highest BCUT2D eigenvalue weighted by Gasteiger charge is 2.12. The number of ether oxygens (including phenoxy) is 1. The number of rotatable bonds is 5. The van der Waals surface area contributed by atoms with Gasteiger partial charge in [-0.1, -0.05) is 36.4 Å². The summed E-state index contributed by atoms with van der Waals surface area (Å²) in [5.41, 5.74) is 2.99. The Kier molecular flexibility index (Phi) is 4.84. The van der Waals surface area contributed by atoms with Crippen LogP contribution >= 0.6 is 0 Å². The average Bonchev–Trinajstić information content (AvgIpc) is 3.17. The molecule has 0 radical (unpaired) electrons. The van der Waals surface area contributed by atoms with Gasteiger partial charge in [0.2, 0.25) is 0 Å². The van der Waals surface area contributed by atoms with Crippen LogP contribution in [0.5, 0.6) is 0 Å². The summed E-state index contributed by atoms with van der Waals surface area (Å²) in [5.74, 6) is -0.686. The highest BCUT2D eigenvalue weighted by molar-refractivity contribution is 6.04. The Labute approximate surface area is 161 Å². The van der Waals surface area contributed by atoms with Crippen LogP contribution in [0.3, 0.4) is 0 Å². The predicted octanol–water partition coefficient (Wildman–Crippen LogP) is 3.94. The van der Waals surface area contributed by atoms with Gasteiger partial charge in [0.15, 0.2) is 5.69 Å². The van der Waals surface area contributed by atoms with E-state index in [9.17, 15) is 9.59 Å². The van der Waals surface area contributed by atoms with Crippen LogP contribution in [0, 0.1) is 0 Å². The second-order valence-electron chi connectivity index (χ2n) is 6.19. The highest BCUT2D eigenvalue weighted by atomic mass is 16.5. The quantitative estimate of drug-likeness (QED) is 0.539. The summed E-state index contributed by atoms with van der Waals surface area (Å²) in [6, 6.07) is 21.7. The van der Waals surface area contributed by atoms with Gasteiger partial charge in [-0.05, 0) is 42.0 Å². The van der Waals surface area contributed by atoms with E-state index in [1.54, 1.807) is 34.9 Å². The van der Waals surface area contributed by atoms with Gasteiger partial charge in [-0.2, -0.15) is 0 Å². The van der Waals surface area contributed by atoms with Gasteiger partial charge in [0, 0.05) is 23.6 Å². The van der Waals surface area contributed by atoms with Gasteiger partial charge in [-0.15, -0.1) is 0 Å². The Morgan fingerprint density at radius 1 is 0.929 bits per heavy atom. The number of hydrogen-bond acceptors (Lipinski definition) is 4. The summed E-state index contributed by atoms with van der Waals surface area (Å²) in [5, 5.41) is 2.83. The molecule has 1 N–H and O–H groups in total. The molecule has 2 heterocycles. The molecule has 0 spiro atoms. The minimum absolute atomic E-state index is 0.104. The van der Waals surface area contributed by atoms with Gasteiger partial charge in [0.25, 0.3) is 5.91 Å². The molecule has 0 fully saturated rings. The fraction of sp³-hybridized carbons (Fsp3) is 0.0455. The zero-order valence-corrected chi connectivity index (χ0v) is 14.9. The molecule has 4 aromatic rings. The molecule has 0 unspecified atom stereocenters. The standard InChI is InChI=1S/C22H17N3O3/c26-21(23-18-6-2-1-3-7-18)17-11-9-16(10-12-17)15-28-22(27)19-14-25-13-5-4-8-20(25)24-19/h1-14H,15H2,(H,23,26). The summed E-state index contributed by atoms with van der Waals surface area (Å²) in [6.07, 6.45) is 3.45. The average molecular weight is 371 g/mol. The molecule has 6 heteroatoms. The molecule has 0 aliphatic heterocycles. The number of imidazole rings is 1. The fourth-order valence-corrected chi connectivity index (χ4v) is 2.73. The highest BCUT2D eigenvalue weighted by Crippen LogP contribution is 2.12. The molecule has 0 atom stereocenters. The lowest BCUT2D eigenvalue weighted by molar-refractivity contribution is 0.0466. The van der Waals surface area contributed by atoms with Crippen molar-refractivity contribution in [3.8, 4) is 0 Å². The number of nitrogens with one attached hydrogen (secondary N) is 1. The van der Waals surface area contributed by atoms with Crippen LogP contribution in [0.15, 0.2) is 85.2 Å². The van der Waals surface area contributed by atoms with Crippen molar-refractivity contribution >= 4 is 23.2 Å². The van der Waals surface area contributed by atoms with E-state index >= 15 is 0 Å². The second-order valence-corrected chi connectivity index (χ2v) is 6.19. The molecule has 0 aliphatic carbocycles. The molecular formula is C22H17N3O3. The van der Waals surface area contributed by atoms with E-state index in [2.05, 4.69) is 10.3 Å². The number of carbonyl (C=O) groups excluding carboxylic acids is 2. The van der Waals surface area contributed by atoms with E-state index in [0.717, 1.165) is 11.3 Å².